The van der Waals surface area contributed by atoms with Crippen molar-refractivity contribution in [1.29, 1.82) is 0 Å². The van der Waals surface area contributed by atoms with E-state index >= 15 is 0 Å². The third-order valence-electron chi connectivity index (χ3n) is 7.06. The zero-order valence-corrected chi connectivity index (χ0v) is 15.3. The SMILES string of the molecule is CC1(C)[C@@H](OS(C)(=O)=O)CC[C@@]2(C)[C@H]1CC[C@@]1(C)OCC[C@@H]21. The lowest BCUT2D eigenvalue weighted by atomic mass is 9.45. The number of hydrogen-bond donors (Lipinski definition) is 0. The minimum atomic E-state index is -3.41. The maximum absolute atomic E-state index is 11.6. The summed E-state index contributed by atoms with van der Waals surface area (Å²) in [5.41, 5.74) is 0.121. The summed E-state index contributed by atoms with van der Waals surface area (Å²) in [5, 5.41) is 0. The summed E-state index contributed by atoms with van der Waals surface area (Å²) in [6.07, 6.45) is 6.13. The van der Waals surface area contributed by atoms with Crippen LogP contribution < -0.4 is 0 Å². The molecule has 0 bridgehead atoms. The summed E-state index contributed by atoms with van der Waals surface area (Å²) >= 11 is 0. The summed E-state index contributed by atoms with van der Waals surface area (Å²) < 4.78 is 34.8. The Bertz CT molecular complexity index is 555. The number of ether oxygens (including phenoxy) is 1. The predicted octanol–water partition coefficient (Wildman–Crippen LogP) is 3.36. The Morgan fingerprint density at radius 3 is 2.32 bits per heavy atom. The summed E-state index contributed by atoms with van der Waals surface area (Å²) in [6.45, 7) is 9.95. The van der Waals surface area contributed by atoms with Gasteiger partial charge < -0.3 is 4.74 Å². The highest BCUT2D eigenvalue weighted by Crippen LogP contribution is 2.65. The molecule has 1 heterocycles. The molecule has 4 nitrogen and oxygen atoms in total. The topological polar surface area (TPSA) is 52.6 Å². The molecule has 1 saturated heterocycles. The van der Waals surface area contributed by atoms with Gasteiger partial charge in [-0.05, 0) is 61.7 Å². The summed E-state index contributed by atoms with van der Waals surface area (Å²) in [7, 11) is -3.41. The van der Waals surface area contributed by atoms with E-state index in [0.717, 1.165) is 38.7 Å². The van der Waals surface area contributed by atoms with Crippen molar-refractivity contribution in [3.63, 3.8) is 0 Å². The summed E-state index contributed by atoms with van der Waals surface area (Å²) in [5.74, 6) is 1.07. The van der Waals surface area contributed by atoms with Gasteiger partial charge in [0.25, 0.3) is 10.1 Å². The van der Waals surface area contributed by atoms with Crippen molar-refractivity contribution in [1.82, 2.24) is 0 Å². The van der Waals surface area contributed by atoms with Crippen molar-refractivity contribution in [3.05, 3.63) is 0 Å². The number of hydrogen-bond acceptors (Lipinski definition) is 4. The van der Waals surface area contributed by atoms with Gasteiger partial charge >= 0.3 is 0 Å². The second-order valence-electron chi connectivity index (χ2n) is 8.75. The zero-order valence-electron chi connectivity index (χ0n) is 14.5. The molecule has 0 radical (unpaired) electrons. The van der Waals surface area contributed by atoms with E-state index in [1.807, 2.05) is 0 Å². The van der Waals surface area contributed by atoms with E-state index in [-0.39, 0.29) is 22.5 Å². The van der Waals surface area contributed by atoms with Gasteiger partial charge in [0.05, 0.1) is 18.0 Å². The Kier molecular flexibility index (Phi) is 3.75. The fraction of sp³-hybridized carbons (Fsp3) is 1.00. The van der Waals surface area contributed by atoms with Crippen LogP contribution in [0.3, 0.4) is 0 Å². The molecule has 2 saturated carbocycles. The van der Waals surface area contributed by atoms with Gasteiger partial charge in [0, 0.05) is 6.61 Å². The summed E-state index contributed by atoms with van der Waals surface area (Å²) in [4.78, 5) is 0. The van der Waals surface area contributed by atoms with Crippen molar-refractivity contribution >= 4 is 10.1 Å². The van der Waals surface area contributed by atoms with Crippen LogP contribution in [-0.4, -0.2) is 33.0 Å². The lowest BCUT2D eigenvalue weighted by Crippen LogP contribution is -2.59. The Morgan fingerprint density at radius 1 is 1.00 bits per heavy atom. The van der Waals surface area contributed by atoms with Crippen LogP contribution in [0.4, 0.5) is 0 Å². The average molecular weight is 330 g/mol. The van der Waals surface area contributed by atoms with Gasteiger partial charge in [-0.1, -0.05) is 20.8 Å². The van der Waals surface area contributed by atoms with Crippen molar-refractivity contribution < 1.29 is 17.3 Å². The molecule has 22 heavy (non-hydrogen) atoms. The van der Waals surface area contributed by atoms with Crippen LogP contribution in [0.15, 0.2) is 0 Å². The first-order valence-electron chi connectivity index (χ1n) is 8.51. The lowest BCUT2D eigenvalue weighted by Gasteiger charge is -2.61. The quantitative estimate of drug-likeness (QED) is 0.729. The first-order chi connectivity index (χ1) is 9.99. The Morgan fingerprint density at radius 2 is 1.68 bits per heavy atom. The van der Waals surface area contributed by atoms with Gasteiger partial charge in [-0.2, -0.15) is 8.42 Å². The fourth-order valence-corrected chi connectivity index (χ4v) is 6.85. The van der Waals surface area contributed by atoms with E-state index in [9.17, 15) is 8.42 Å². The Hall–Kier alpha value is -0.130. The van der Waals surface area contributed by atoms with E-state index < -0.39 is 10.1 Å². The molecule has 0 spiro atoms. The van der Waals surface area contributed by atoms with Gasteiger partial charge in [-0.15, -0.1) is 0 Å². The van der Waals surface area contributed by atoms with Crippen LogP contribution in [0.2, 0.25) is 0 Å². The van der Waals surface area contributed by atoms with Crippen LogP contribution in [0, 0.1) is 22.7 Å². The largest absolute Gasteiger partial charge is 0.375 e. The molecule has 5 heteroatoms. The highest BCUT2D eigenvalue weighted by atomic mass is 32.2. The molecule has 0 aromatic heterocycles. The highest BCUT2D eigenvalue weighted by molar-refractivity contribution is 7.86. The van der Waals surface area contributed by atoms with Gasteiger partial charge in [0.2, 0.25) is 0 Å². The van der Waals surface area contributed by atoms with Crippen molar-refractivity contribution in [3.8, 4) is 0 Å². The zero-order chi connectivity index (χ0) is 16.4. The molecule has 3 aliphatic rings. The maximum atomic E-state index is 11.6. The standard InChI is InChI=1S/C17H30O4S/c1-15(2)12-6-10-17(4)13(8-11-20-17)16(12,3)9-7-14(15)21-22(5,18)19/h12-14H,6-11H2,1-5H3/t12-,13-,14-,16-,17+/m0/s1. The Balaban J connectivity index is 1.92. The minimum Gasteiger partial charge on any atom is -0.375 e. The lowest BCUT2D eigenvalue weighted by molar-refractivity contribution is -0.173. The van der Waals surface area contributed by atoms with Crippen LogP contribution in [-0.2, 0) is 19.0 Å². The molecule has 128 valence electrons. The molecule has 3 rings (SSSR count). The molecule has 5 atom stereocenters. The molecule has 0 aromatic rings. The average Bonchev–Trinajstić information content (AvgIpc) is 2.75. The van der Waals surface area contributed by atoms with E-state index in [2.05, 4.69) is 27.7 Å². The summed E-state index contributed by atoms with van der Waals surface area (Å²) in [6, 6.07) is 0. The van der Waals surface area contributed by atoms with Gasteiger partial charge in [-0.25, -0.2) is 0 Å². The highest BCUT2D eigenvalue weighted by Gasteiger charge is 2.62. The smallest absolute Gasteiger partial charge is 0.264 e. The Labute approximate surface area is 135 Å². The normalized spacial score (nSPS) is 47.8. The molecular weight excluding hydrogens is 300 g/mol. The fourth-order valence-electron chi connectivity index (χ4n) is 6.08. The van der Waals surface area contributed by atoms with Gasteiger partial charge in [0.15, 0.2) is 0 Å². The first kappa shape index (κ1) is 16.7. The molecule has 3 fully saturated rings. The van der Waals surface area contributed by atoms with Crippen LogP contribution in [0.5, 0.6) is 0 Å². The molecule has 0 unspecified atom stereocenters. The first-order valence-corrected chi connectivity index (χ1v) is 10.3. The monoisotopic (exact) mass is 330 g/mol. The van der Waals surface area contributed by atoms with E-state index in [4.69, 9.17) is 8.92 Å². The van der Waals surface area contributed by atoms with E-state index in [0.29, 0.717) is 11.8 Å². The van der Waals surface area contributed by atoms with E-state index in [1.54, 1.807) is 0 Å². The van der Waals surface area contributed by atoms with Gasteiger partial charge in [-0.3, -0.25) is 4.18 Å². The molecule has 0 amide bonds. The van der Waals surface area contributed by atoms with Crippen molar-refractivity contribution in [2.24, 2.45) is 22.7 Å². The van der Waals surface area contributed by atoms with Crippen molar-refractivity contribution in [2.75, 3.05) is 12.9 Å². The molecule has 1 aliphatic heterocycles. The van der Waals surface area contributed by atoms with Gasteiger partial charge in [0.1, 0.15) is 0 Å². The molecular formula is C17H30O4S. The van der Waals surface area contributed by atoms with Crippen LogP contribution >= 0.6 is 0 Å². The third-order valence-corrected chi connectivity index (χ3v) is 7.64. The molecule has 0 N–H and O–H groups in total. The second-order valence-corrected chi connectivity index (χ2v) is 10.3. The second kappa shape index (κ2) is 4.93. The number of fused-ring (bicyclic) bond motifs is 3. The minimum absolute atomic E-state index is 0.0197. The van der Waals surface area contributed by atoms with E-state index in [1.165, 1.54) is 6.26 Å². The molecule has 0 aromatic carbocycles. The number of rotatable bonds is 2. The van der Waals surface area contributed by atoms with Crippen LogP contribution in [0.25, 0.3) is 0 Å². The third kappa shape index (κ3) is 2.44. The predicted molar refractivity (Wildman–Crippen MR) is 86.0 cm³/mol. The van der Waals surface area contributed by atoms with Crippen molar-refractivity contribution in [2.45, 2.75) is 71.5 Å². The maximum Gasteiger partial charge on any atom is 0.264 e. The van der Waals surface area contributed by atoms with Crippen LogP contribution in [0.1, 0.15) is 59.8 Å². The molecule has 2 aliphatic carbocycles.